The number of hydrogen-bond donors (Lipinski definition) is 1. The molecule has 7 heteroatoms. The Morgan fingerprint density at radius 3 is 1.74 bits per heavy atom. The molecule has 2 aromatic rings. The zero-order valence-corrected chi connectivity index (χ0v) is 15.8. The number of halogens is 4. The van der Waals surface area contributed by atoms with Crippen LogP contribution in [0.25, 0.3) is 0 Å². The van der Waals surface area contributed by atoms with Crippen LogP contribution in [0.15, 0.2) is 36.4 Å². The number of alkyl halides is 1. The Balaban J connectivity index is 0.000000403. The number of nitriles is 2. The molecule has 3 nitrogen and oxygen atoms in total. The van der Waals surface area contributed by atoms with Crippen molar-refractivity contribution in [1.82, 2.24) is 0 Å². The van der Waals surface area contributed by atoms with Crippen molar-refractivity contribution in [1.29, 1.82) is 10.5 Å². The molecule has 0 aromatic heterocycles. The molecule has 2 rings (SSSR count). The quantitative estimate of drug-likeness (QED) is 0.662. The summed E-state index contributed by atoms with van der Waals surface area (Å²) in [5.41, 5.74) is 8.37. The van der Waals surface area contributed by atoms with E-state index in [2.05, 4.69) is 22.0 Å². The first-order valence-electron chi connectivity index (χ1n) is 6.18. The van der Waals surface area contributed by atoms with Gasteiger partial charge in [0.15, 0.2) is 0 Å². The van der Waals surface area contributed by atoms with Gasteiger partial charge in [0.25, 0.3) is 0 Å². The Kier molecular flexibility index (Phi) is 10.7. The maximum atomic E-state index is 8.64. The minimum absolute atomic E-state index is 0. The van der Waals surface area contributed by atoms with Crippen molar-refractivity contribution in [2.24, 2.45) is 5.73 Å². The summed E-state index contributed by atoms with van der Waals surface area (Å²) in [5.74, 6) is 0. The van der Waals surface area contributed by atoms with Crippen LogP contribution in [0.2, 0.25) is 10.0 Å². The van der Waals surface area contributed by atoms with E-state index in [4.69, 9.17) is 39.5 Å². The lowest BCUT2D eigenvalue weighted by Gasteiger charge is -1.98. The normalized spacial score (nSPS) is 8.78. The monoisotopic (exact) mass is 431 g/mol. The third-order valence-electron chi connectivity index (χ3n) is 2.75. The van der Waals surface area contributed by atoms with Gasteiger partial charge in [-0.2, -0.15) is 10.5 Å². The van der Waals surface area contributed by atoms with Crippen LogP contribution in [0.5, 0.6) is 0 Å². The molecule has 0 atom stereocenters. The van der Waals surface area contributed by atoms with Crippen molar-refractivity contribution >= 4 is 51.5 Å². The summed E-state index contributed by atoms with van der Waals surface area (Å²) in [6.07, 6.45) is 0. The zero-order valence-electron chi connectivity index (χ0n) is 11.9. The summed E-state index contributed by atoms with van der Waals surface area (Å²) < 4.78 is 0. The van der Waals surface area contributed by atoms with Gasteiger partial charge in [0.1, 0.15) is 0 Å². The van der Waals surface area contributed by atoms with Crippen molar-refractivity contribution in [3.05, 3.63) is 68.7 Å². The van der Waals surface area contributed by atoms with Crippen LogP contribution in [0.3, 0.4) is 0 Å². The second-order valence-electron chi connectivity index (χ2n) is 4.16. The lowest BCUT2D eigenvalue weighted by Crippen LogP contribution is -1.98. The van der Waals surface area contributed by atoms with Crippen molar-refractivity contribution in [2.45, 2.75) is 11.9 Å². The van der Waals surface area contributed by atoms with E-state index in [1.807, 2.05) is 12.1 Å². The molecule has 0 spiro atoms. The van der Waals surface area contributed by atoms with Gasteiger partial charge < -0.3 is 5.73 Å². The fraction of sp³-hybridized carbons (Fsp3) is 0.125. The average molecular weight is 434 g/mol. The Labute approximate surface area is 160 Å². The van der Waals surface area contributed by atoms with Gasteiger partial charge in [-0.05, 0) is 35.4 Å². The SMILES string of the molecule is Cl.N#Cc1cc(Cl)ccc1CBr.N#Cc1cc(Cl)ccc1CN. The van der Waals surface area contributed by atoms with E-state index in [-0.39, 0.29) is 12.4 Å². The molecule has 23 heavy (non-hydrogen) atoms. The highest BCUT2D eigenvalue weighted by atomic mass is 79.9. The van der Waals surface area contributed by atoms with Crippen LogP contribution >= 0.6 is 51.5 Å². The highest BCUT2D eigenvalue weighted by molar-refractivity contribution is 9.08. The minimum Gasteiger partial charge on any atom is -0.326 e. The molecule has 0 aliphatic carbocycles. The summed E-state index contributed by atoms with van der Waals surface area (Å²) in [4.78, 5) is 0. The van der Waals surface area contributed by atoms with Crippen molar-refractivity contribution in [3.8, 4) is 12.1 Å². The fourth-order valence-corrected chi connectivity index (χ4v) is 2.43. The van der Waals surface area contributed by atoms with Crippen LogP contribution in [-0.2, 0) is 11.9 Å². The van der Waals surface area contributed by atoms with Gasteiger partial charge in [-0.1, -0.05) is 51.3 Å². The van der Waals surface area contributed by atoms with Gasteiger partial charge in [0.05, 0.1) is 23.3 Å². The summed E-state index contributed by atoms with van der Waals surface area (Å²) in [7, 11) is 0. The molecule has 0 unspecified atom stereocenters. The average Bonchev–Trinajstić information content (AvgIpc) is 2.55. The highest BCUT2D eigenvalue weighted by Gasteiger charge is 2.00. The van der Waals surface area contributed by atoms with Gasteiger partial charge in [0, 0.05) is 21.9 Å². The van der Waals surface area contributed by atoms with E-state index in [9.17, 15) is 0 Å². The first-order chi connectivity index (χ1) is 10.5. The third kappa shape index (κ3) is 6.79. The Morgan fingerprint density at radius 1 is 0.913 bits per heavy atom. The van der Waals surface area contributed by atoms with E-state index in [1.165, 1.54) is 0 Å². The molecule has 0 aliphatic heterocycles. The molecular formula is C16H13BrCl3N3. The Hall–Kier alpha value is -1.27. The van der Waals surface area contributed by atoms with Crippen LogP contribution in [0.1, 0.15) is 22.3 Å². The molecule has 0 radical (unpaired) electrons. The van der Waals surface area contributed by atoms with E-state index >= 15 is 0 Å². The third-order valence-corrected chi connectivity index (χ3v) is 3.82. The number of nitrogens with two attached hydrogens (primary N) is 1. The first-order valence-corrected chi connectivity index (χ1v) is 8.06. The standard InChI is InChI=1S/C8H5BrClN.C8H7ClN2.ClH/c9-4-6-1-2-8(10)3-7(6)5-11;9-8-2-1-6(4-10)7(3-8)5-11;/h1-3H,4H2;1-3H,4,10H2;1H. The second kappa shape index (κ2) is 11.3. The van der Waals surface area contributed by atoms with Gasteiger partial charge >= 0.3 is 0 Å². The predicted molar refractivity (Wildman–Crippen MR) is 100 cm³/mol. The van der Waals surface area contributed by atoms with Gasteiger partial charge in [-0.25, -0.2) is 0 Å². The minimum atomic E-state index is 0. The van der Waals surface area contributed by atoms with Crippen molar-refractivity contribution in [3.63, 3.8) is 0 Å². The summed E-state index contributed by atoms with van der Waals surface area (Å²) in [6, 6.07) is 14.5. The molecule has 0 amide bonds. The molecule has 2 N–H and O–H groups in total. The molecule has 0 saturated heterocycles. The summed E-state index contributed by atoms with van der Waals surface area (Å²) in [6.45, 7) is 0.375. The van der Waals surface area contributed by atoms with Crippen molar-refractivity contribution < 1.29 is 0 Å². The second-order valence-corrected chi connectivity index (χ2v) is 5.60. The van der Waals surface area contributed by atoms with E-state index < -0.39 is 0 Å². The number of hydrogen-bond acceptors (Lipinski definition) is 3. The molecule has 0 bridgehead atoms. The molecule has 120 valence electrons. The van der Waals surface area contributed by atoms with Crippen LogP contribution in [0, 0.1) is 22.7 Å². The molecule has 0 heterocycles. The van der Waals surface area contributed by atoms with Gasteiger partial charge in [-0.3, -0.25) is 0 Å². The van der Waals surface area contributed by atoms with Gasteiger partial charge in [-0.15, -0.1) is 12.4 Å². The number of nitrogens with zero attached hydrogens (tertiary/aromatic N) is 2. The van der Waals surface area contributed by atoms with E-state index in [0.29, 0.717) is 33.0 Å². The fourth-order valence-electron chi connectivity index (χ4n) is 1.60. The van der Waals surface area contributed by atoms with Crippen LogP contribution < -0.4 is 5.73 Å². The van der Waals surface area contributed by atoms with Crippen molar-refractivity contribution in [2.75, 3.05) is 0 Å². The zero-order chi connectivity index (χ0) is 16.5. The number of rotatable bonds is 2. The Bertz CT molecular complexity index is 673. The maximum absolute atomic E-state index is 8.64. The van der Waals surface area contributed by atoms with E-state index in [0.717, 1.165) is 11.1 Å². The van der Waals surface area contributed by atoms with Crippen LogP contribution in [0.4, 0.5) is 0 Å². The number of benzene rings is 2. The predicted octanol–water partition coefficient (Wildman–Crippen LogP) is 5.20. The summed E-state index contributed by atoms with van der Waals surface area (Å²) in [5, 5.41) is 19.1. The molecule has 0 aliphatic rings. The highest BCUT2D eigenvalue weighted by Crippen LogP contribution is 2.17. The van der Waals surface area contributed by atoms with Crippen LogP contribution in [-0.4, -0.2) is 0 Å². The molecule has 0 saturated carbocycles. The van der Waals surface area contributed by atoms with Gasteiger partial charge in [0.2, 0.25) is 0 Å². The lowest BCUT2D eigenvalue weighted by atomic mass is 10.1. The largest absolute Gasteiger partial charge is 0.326 e. The topological polar surface area (TPSA) is 73.6 Å². The molecule has 0 fully saturated rings. The smallest absolute Gasteiger partial charge is 0.0995 e. The van der Waals surface area contributed by atoms with E-state index in [1.54, 1.807) is 30.3 Å². The Morgan fingerprint density at radius 2 is 1.35 bits per heavy atom. The molecular weight excluding hydrogens is 420 g/mol. The molecule has 2 aromatic carbocycles. The first kappa shape index (κ1) is 21.7. The maximum Gasteiger partial charge on any atom is 0.0995 e. The summed E-state index contributed by atoms with van der Waals surface area (Å²) >= 11 is 14.6. The lowest BCUT2D eigenvalue weighted by molar-refractivity contribution is 1.06.